The lowest BCUT2D eigenvalue weighted by molar-refractivity contribution is -0.150. The molecule has 7 nitrogen and oxygen atoms in total. The lowest BCUT2D eigenvalue weighted by Crippen LogP contribution is -2.65. The largest absolute Gasteiger partial charge is 0.469 e. The number of methoxy groups -OCH3 is 1. The molecule has 3 aliphatic heterocycles. The highest BCUT2D eigenvalue weighted by Crippen LogP contribution is 2.53. The van der Waals surface area contributed by atoms with Crippen molar-refractivity contribution >= 4 is 44.6 Å². The van der Waals surface area contributed by atoms with E-state index in [0.29, 0.717) is 12.2 Å². The molecule has 30 heavy (non-hydrogen) atoms. The van der Waals surface area contributed by atoms with E-state index in [0.717, 1.165) is 33.1 Å². The number of fused-ring (bicyclic) bond motifs is 4. The molecule has 2 aromatic rings. The van der Waals surface area contributed by atoms with Gasteiger partial charge in [-0.25, -0.2) is 5.01 Å². The molecule has 1 N–H and O–H groups in total. The molecule has 0 bridgehead atoms. The Labute approximate surface area is 185 Å². The maximum absolute atomic E-state index is 12.5. The zero-order valence-electron chi connectivity index (χ0n) is 16.0. The van der Waals surface area contributed by atoms with Gasteiger partial charge in [-0.2, -0.15) is 5.10 Å². The van der Waals surface area contributed by atoms with E-state index in [-0.39, 0.29) is 17.7 Å². The Kier molecular flexibility index (Phi) is 4.74. The first-order valence-corrected chi connectivity index (χ1v) is 11.1. The number of nitrogens with one attached hydrogen (secondary N) is 1. The summed E-state index contributed by atoms with van der Waals surface area (Å²) in [5.41, 5.74) is 2.88. The molecule has 2 aromatic carbocycles. The Hall–Kier alpha value is -2.52. The quantitative estimate of drug-likeness (QED) is 0.658. The van der Waals surface area contributed by atoms with E-state index in [1.807, 2.05) is 53.5 Å². The van der Waals surface area contributed by atoms with Gasteiger partial charge in [0.05, 0.1) is 25.3 Å². The van der Waals surface area contributed by atoms with Crippen LogP contribution in [0, 0.1) is 0 Å². The van der Waals surface area contributed by atoms with Crippen LogP contribution in [0.4, 0.5) is 4.79 Å². The smallest absolute Gasteiger partial charge is 0.306 e. The molecular weight excluding hydrogens is 470 g/mol. The van der Waals surface area contributed by atoms with Crippen LogP contribution in [0.15, 0.2) is 58.1 Å². The minimum absolute atomic E-state index is 0.0165. The highest BCUT2D eigenvalue weighted by Gasteiger charge is 2.61. The molecule has 0 saturated carbocycles. The highest BCUT2D eigenvalue weighted by atomic mass is 79.9. The maximum atomic E-state index is 12.5. The fourth-order valence-corrected chi connectivity index (χ4v) is 5.84. The molecule has 3 atom stereocenters. The molecule has 1 spiro atoms. The number of carbonyl (C=O) groups is 2. The fourth-order valence-electron chi connectivity index (χ4n) is 4.17. The van der Waals surface area contributed by atoms with Crippen LogP contribution in [-0.4, -0.2) is 40.1 Å². The van der Waals surface area contributed by atoms with Crippen molar-refractivity contribution in [3.63, 3.8) is 0 Å². The first kappa shape index (κ1) is 19.4. The van der Waals surface area contributed by atoms with Gasteiger partial charge in [0.25, 0.3) is 11.1 Å². The fraction of sp³-hybridized carbons (Fsp3) is 0.286. The second-order valence-electron chi connectivity index (χ2n) is 7.23. The van der Waals surface area contributed by atoms with Gasteiger partial charge in [0, 0.05) is 16.5 Å². The number of benzene rings is 2. The average Bonchev–Trinajstić information content (AvgIpc) is 3.31. The maximum Gasteiger partial charge on any atom is 0.306 e. The Morgan fingerprint density at radius 3 is 2.90 bits per heavy atom. The molecule has 9 heteroatoms. The summed E-state index contributed by atoms with van der Waals surface area (Å²) in [6.07, 6.45) is 0.666. The number of hydrogen-bond donors (Lipinski definition) is 1. The van der Waals surface area contributed by atoms with Crippen LogP contribution in [-0.2, 0) is 9.53 Å². The van der Waals surface area contributed by atoms with Crippen molar-refractivity contribution < 1.29 is 19.1 Å². The molecule has 1 amide bonds. The predicted octanol–water partition coefficient (Wildman–Crippen LogP) is 4.03. The lowest BCUT2D eigenvalue weighted by atomic mass is 9.95. The Bertz CT molecular complexity index is 1060. The first-order chi connectivity index (χ1) is 14.5. The third-order valence-electron chi connectivity index (χ3n) is 5.52. The van der Waals surface area contributed by atoms with Gasteiger partial charge in [-0.15, -0.1) is 0 Å². The minimum Gasteiger partial charge on any atom is -0.469 e. The summed E-state index contributed by atoms with van der Waals surface area (Å²) in [6, 6.07) is 15.5. The zero-order valence-corrected chi connectivity index (χ0v) is 18.4. The predicted molar refractivity (Wildman–Crippen MR) is 116 cm³/mol. The number of thioether (sulfide) groups is 1. The monoisotopic (exact) mass is 487 g/mol. The second-order valence-corrected chi connectivity index (χ2v) is 9.26. The molecule has 154 valence electrons. The SMILES string of the molecule is COC(=O)CC1SC(=O)NC12Oc1cccc(Br)c1C1CC(c3ccccc3)=NN12. The van der Waals surface area contributed by atoms with Gasteiger partial charge >= 0.3 is 5.97 Å². The van der Waals surface area contributed by atoms with Gasteiger partial charge < -0.3 is 9.47 Å². The number of amides is 1. The van der Waals surface area contributed by atoms with Crippen molar-refractivity contribution in [1.82, 2.24) is 10.3 Å². The molecular formula is C21H18BrN3O4S. The summed E-state index contributed by atoms with van der Waals surface area (Å²) in [5, 5.41) is 8.88. The van der Waals surface area contributed by atoms with Crippen molar-refractivity contribution in [2.75, 3.05) is 7.11 Å². The summed E-state index contributed by atoms with van der Waals surface area (Å²) >= 11 is 4.69. The van der Waals surface area contributed by atoms with Crippen molar-refractivity contribution in [3.8, 4) is 5.75 Å². The molecule has 5 rings (SSSR count). The van der Waals surface area contributed by atoms with Gasteiger partial charge in [-0.05, 0) is 17.7 Å². The molecule has 1 saturated heterocycles. The summed E-state index contributed by atoms with van der Waals surface area (Å²) < 4.78 is 12.2. The summed E-state index contributed by atoms with van der Waals surface area (Å²) in [5.74, 6) is -1.02. The molecule has 3 unspecified atom stereocenters. The van der Waals surface area contributed by atoms with Crippen LogP contribution in [0.2, 0.25) is 0 Å². The first-order valence-electron chi connectivity index (χ1n) is 9.47. The molecule has 1 fully saturated rings. The Balaban J connectivity index is 1.64. The summed E-state index contributed by atoms with van der Waals surface area (Å²) in [4.78, 5) is 24.5. The van der Waals surface area contributed by atoms with Crippen LogP contribution in [0.3, 0.4) is 0 Å². The van der Waals surface area contributed by atoms with E-state index in [9.17, 15) is 9.59 Å². The van der Waals surface area contributed by atoms with E-state index in [4.69, 9.17) is 14.6 Å². The van der Waals surface area contributed by atoms with Gasteiger partial charge in [-0.1, -0.05) is 64.1 Å². The standard InChI is InChI=1S/C21H18BrN3O4S/c1-28-18(26)11-17-21(23-20(27)30-17)25-15(19-13(22)8-5-9-16(19)29-21)10-14(24-25)12-6-3-2-4-7-12/h2-9,15,17H,10-11H2,1H3,(H,23,27). The normalized spacial score (nSPS) is 26.5. The van der Waals surface area contributed by atoms with Gasteiger partial charge in [0.2, 0.25) is 0 Å². The number of halogens is 1. The van der Waals surface area contributed by atoms with Crippen LogP contribution in [0.1, 0.15) is 30.0 Å². The number of nitrogens with zero attached hydrogens (tertiary/aromatic N) is 2. The van der Waals surface area contributed by atoms with E-state index in [1.165, 1.54) is 7.11 Å². The third-order valence-corrected chi connectivity index (χ3v) is 7.29. The Morgan fingerprint density at radius 1 is 1.33 bits per heavy atom. The average molecular weight is 488 g/mol. The van der Waals surface area contributed by atoms with Crippen LogP contribution < -0.4 is 10.1 Å². The van der Waals surface area contributed by atoms with E-state index in [1.54, 1.807) is 0 Å². The molecule has 0 radical (unpaired) electrons. The minimum atomic E-state index is -1.27. The molecule has 3 aliphatic rings. The molecule has 3 heterocycles. The van der Waals surface area contributed by atoms with Gasteiger partial charge in [0.15, 0.2) is 0 Å². The lowest BCUT2D eigenvalue weighted by Gasteiger charge is -2.47. The van der Waals surface area contributed by atoms with Crippen LogP contribution in [0.5, 0.6) is 5.75 Å². The van der Waals surface area contributed by atoms with Crippen molar-refractivity contribution in [2.45, 2.75) is 30.0 Å². The highest BCUT2D eigenvalue weighted by molar-refractivity contribution is 9.10. The number of hydrogen-bond acceptors (Lipinski definition) is 7. The van der Waals surface area contributed by atoms with Crippen LogP contribution in [0.25, 0.3) is 0 Å². The van der Waals surface area contributed by atoms with E-state index in [2.05, 4.69) is 21.2 Å². The molecule has 0 aliphatic carbocycles. The second kappa shape index (κ2) is 7.31. The summed E-state index contributed by atoms with van der Waals surface area (Å²) in [6.45, 7) is 0. The third kappa shape index (κ3) is 2.99. The topological polar surface area (TPSA) is 80.2 Å². The number of carbonyl (C=O) groups excluding carboxylic acids is 2. The number of rotatable bonds is 3. The van der Waals surface area contributed by atoms with E-state index < -0.39 is 17.1 Å². The van der Waals surface area contributed by atoms with Crippen molar-refractivity contribution in [3.05, 3.63) is 64.1 Å². The summed E-state index contributed by atoms with van der Waals surface area (Å²) in [7, 11) is 1.34. The number of hydrazone groups is 1. The molecule has 0 aromatic heterocycles. The number of esters is 1. The van der Waals surface area contributed by atoms with Crippen molar-refractivity contribution in [2.24, 2.45) is 5.10 Å². The van der Waals surface area contributed by atoms with Crippen molar-refractivity contribution in [1.29, 1.82) is 0 Å². The van der Waals surface area contributed by atoms with Crippen LogP contribution >= 0.6 is 27.7 Å². The van der Waals surface area contributed by atoms with Gasteiger partial charge in [-0.3, -0.25) is 14.9 Å². The zero-order chi connectivity index (χ0) is 20.9. The number of ether oxygens (including phenoxy) is 2. The van der Waals surface area contributed by atoms with Gasteiger partial charge in [0.1, 0.15) is 11.0 Å². The Morgan fingerprint density at radius 2 is 2.13 bits per heavy atom. The van der Waals surface area contributed by atoms with E-state index >= 15 is 0 Å².